The van der Waals surface area contributed by atoms with Crippen LogP contribution in [0.2, 0.25) is 0 Å². The van der Waals surface area contributed by atoms with Crippen LogP contribution in [0.15, 0.2) is 0 Å². The summed E-state index contributed by atoms with van der Waals surface area (Å²) in [4.78, 5) is 32.5. The molecule has 9 heteroatoms. The smallest absolute Gasteiger partial charge is 0.336 e. The van der Waals surface area contributed by atoms with Crippen molar-refractivity contribution in [2.24, 2.45) is 0 Å². The van der Waals surface area contributed by atoms with Gasteiger partial charge in [-0.1, -0.05) is 13.8 Å². The summed E-state index contributed by atoms with van der Waals surface area (Å²) in [5.74, 6) is -5.02. The molecule has 9 nitrogen and oxygen atoms in total. The van der Waals surface area contributed by atoms with Gasteiger partial charge in [-0.05, 0) is 20.0 Å². The minimum atomic E-state index is -2.74. The van der Waals surface area contributed by atoms with Crippen molar-refractivity contribution >= 4 is 17.9 Å². The van der Waals surface area contributed by atoms with Crippen molar-refractivity contribution in [3.05, 3.63) is 0 Å². The number of aliphatic hydroxyl groups excluding tert-OH is 1. The highest BCUT2D eigenvalue weighted by molar-refractivity contribution is 5.88. The maximum atomic E-state index is 10.3. The van der Waals surface area contributed by atoms with Crippen LogP contribution in [-0.2, 0) is 14.4 Å². The molecule has 5 N–H and O–H groups in total. The number of carboxylic acid groups (broad SMARTS) is 3. The predicted octanol–water partition coefficient (Wildman–Crippen LogP) is -0.582. The number of aliphatic carboxylic acids is 3. The van der Waals surface area contributed by atoms with Crippen LogP contribution < -0.4 is 0 Å². The Morgan fingerprint density at radius 3 is 1.43 bits per heavy atom. The Hall–Kier alpha value is -1.71. The summed E-state index contributed by atoms with van der Waals surface area (Å²) in [7, 11) is 0. The molecule has 0 aliphatic rings. The zero-order valence-electron chi connectivity index (χ0n) is 12.3. The standard InChI is InChI=1S/C6H15NO.C6H8O7/c1-4-7(5-2)6(3)8;7-3(8)1-6(13,5(11)12)2-4(9)10/h6,8H,4-5H2,1-3H3;13H,1-2H2,(H,7,8)(H,9,10)(H,11,12). The summed E-state index contributed by atoms with van der Waals surface area (Å²) < 4.78 is 0. The van der Waals surface area contributed by atoms with Crippen LogP contribution in [0.3, 0.4) is 0 Å². The third-order valence-corrected chi connectivity index (χ3v) is 2.63. The molecule has 124 valence electrons. The van der Waals surface area contributed by atoms with Crippen LogP contribution in [0.25, 0.3) is 0 Å². The van der Waals surface area contributed by atoms with E-state index in [2.05, 4.69) is 0 Å². The van der Waals surface area contributed by atoms with E-state index in [9.17, 15) is 14.4 Å². The van der Waals surface area contributed by atoms with Gasteiger partial charge in [0.1, 0.15) is 6.23 Å². The predicted molar refractivity (Wildman–Crippen MR) is 71.7 cm³/mol. The summed E-state index contributed by atoms with van der Waals surface area (Å²) in [5, 5.41) is 42.7. The fourth-order valence-corrected chi connectivity index (χ4v) is 1.47. The number of carboxylic acids is 3. The first-order chi connectivity index (χ1) is 9.50. The molecule has 0 radical (unpaired) electrons. The van der Waals surface area contributed by atoms with E-state index in [-0.39, 0.29) is 6.23 Å². The van der Waals surface area contributed by atoms with Crippen molar-refractivity contribution in [1.29, 1.82) is 0 Å². The zero-order valence-corrected chi connectivity index (χ0v) is 12.3. The molecule has 0 aromatic heterocycles. The Labute approximate surface area is 122 Å². The lowest BCUT2D eigenvalue weighted by Gasteiger charge is -2.20. The number of aliphatic hydroxyl groups is 2. The fourth-order valence-electron chi connectivity index (χ4n) is 1.47. The molecule has 0 rings (SSSR count). The first-order valence-electron chi connectivity index (χ1n) is 6.31. The van der Waals surface area contributed by atoms with E-state index < -0.39 is 36.4 Å². The molecule has 1 atom stereocenters. The van der Waals surface area contributed by atoms with Gasteiger partial charge in [0.25, 0.3) is 0 Å². The van der Waals surface area contributed by atoms with Gasteiger partial charge in [-0.25, -0.2) is 4.79 Å². The molecule has 0 fully saturated rings. The Balaban J connectivity index is 0. The van der Waals surface area contributed by atoms with Gasteiger partial charge in [-0.3, -0.25) is 14.5 Å². The lowest BCUT2D eigenvalue weighted by molar-refractivity contribution is -0.170. The van der Waals surface area contributed by atoms with Crippen LogP contribution in [0.1, 0.15) is 33.6 Å². The molecular weight excluding hydrogens is 286 g/mol. The Morgan fingerprint density at radius 2 is 1.33 bits per heavy atom. The monoisotopic (exact) mass is 309 g/mol. The topological polar surface area (TPSA) is 156 Å². The quantitative estimate of drug-likeness (QED) is 0.370. The van der Waals surface area contributed by atoms with Gasteiger partial charge in [0.05, 0.1) is 12.8 Å². The van der Waals surface area contributed by atoms with Gasteiger partial charge >= 0.3 is 17.9 Å². The van der Waals surface area contributed by atoms with Crippen molar-refractivity contribution in [3.63, 3.8) is 0 Å². The highest BCUT2D eigenvalue weighted by atomic mass is 16.4. The van der Waals surface area contributed by atoms with Crippen molar-refractivity contribution in [2.75, 3.05) is 13.1 Å². The molecular formula is C12H23NO8. The highest BCUT2D eigenvalue weighted by Crippen LogP contribution is 2.15. The van der Waals surface area contributed by atoms with Crippen LogP contribution in [0, 0.1) is 0 Å². The van der Waals surface area contributed by atoms with Crippen molar-refractivity contribution in [1.82, 2.24) is 4.90 Å². The second-order valence-electron chi connectivity index (χ2n) is 4.33. The number of hydrogen-bond acceptors (Lipinski definition) is 6. The molecule has 1 unspecified atom stereocenters. The molecule has 0 aromatic rings. The van der Waals surface area contributed by atoms with E-state index in [1.165, 1.54) is 0 Å². The maximum Gasteiger partial charge on any atom is 0.336 e. The minimum Gasteiger partial charge on any atom is -0.481 e. The second-order valence-corrected chi connectivity index (χ2v) is 4.33. The zero-order chi connectivity index (χ0) is 17.2. The van der Waals surface area contributed by atoms with Crippen LogP contribution >= 0.6 is 0 Å². The number of carbonyl (C=O) groups is 3. The Morgan fingerprint density at radius 1 is 1.00 bits per heavy atom. The van der Waals surface area contributed by atoms with Crippen LogP contribution in [0.5, 0.6) is 0 Å². The third kappa shape index (κ3) is 9.77. The molecule has 0 spiro atoms. The highest BCUT2D eigenvalue weighted by Gasteiger charge is 2.40. The number of hydrogen-bond donors (Lipinski definition) is 5. The summed E-state index contributed by atoms with van der Waals surface area (Å²) in [6.45, 7) is 7.71. The number of rotatable bonds is 8. The largest absolute Gasteiger partial charge is 0.481 e. The van der Waals surface area contributed by atoms with Crippen molar-refractivity contribution in [3.8, 4) is 0 Å². The van der Waals surface area contributed by atoms with Gasteiger partial charge in [0.2, 0.25) is 0 Å². The van der Waals surface area contributed by atoms with Crippen molar-refractivity contribution < 1.29 is 39.9 Å². The molecule has 0 amide bonds. The third-order valence-electron chi connectivity index (χ3n) is 2.63. The van der Waals surface area contributed by atoms with E-state index in [0.29, 0.717) is 0 Å². The maximum absolute atomic E-state index is 10.3. The molecule has 0 saturated heterocycles. The van der Waals surface area contributed by atoms with Gasteiger partial charge in [0, 0.05) is 0 Å². The summed E-state index contributed by atoms with van der Waals surface area (Å²) >= 11 is 0. The Bertz CT molecular complexity index is 335. The van der Waals surface area contributed by atoms with Gasteiger partial charge in [0.15, 0.2) is 5.60 Å². The molecule has 21 heavy (non-hydrogen) atoms. The van der Waals surface area contributed by atoms with Crippen LogP contribution in [0.4, 0.5) is 0 Å². The lowest BCUT2D eigenvalue weighted by atomic mass is 9.96. The second kappa shape index (κ2) is 10.1. The van der Waals surface area contributed by atoms with Gasteiger partial charge in [-0.2, -0.15) is 0 Å². The van der Waals surface area contributed by atoms with E-state index in [0.717, 1.165) is 13.1 Å². The molecule has 0 aromatic carbocycles. The van der Waals surface area contributed by atoms with E-state index in [1.54, 1.807) is 6.92 Å². The first kappa shape index (κ1) is 21.6. The fraction of sp³-hybridized carbons (Fsp3) is 0.750. The normalized spacial score (nSPS) is 12.3. The number of nitrogens with zero attached hydrogens (tertiary/aromatic N) is 1. The molecule has 0 bridgehead atoms. The first-order valence-corrected chi connectivity index (χ1v) is 6.31. The Kier molecular flexibility index (Phi) is 10.4. The molecule has 0 aliphatic carbocycles. The average molecular weight is 309 g/mol. The summed E-state index contributed by atoms with van der Waals surface area (Å²) in [5.41, 5.74) is -2.74. The molecule has 0 aliphatic heterocycles. The summed E-state index contributed by atoms with van der Waals surface area (Å²) in [6.07, 6.45) is -2.58. The van der Waals surface area contributed by atoms with Gasteiger partial charge < -0.3 is 25.5 Å². The minimum absolute atomic E-state index is 0.287. The van der Waals surface area contributed by atoms with E-state index in [4.69, 9.17) is 25.5 Å². The summed E-state index contributed by atoms with van der Waals surface area (Å²) in [6, 6.07) is 0. The molecule has 0 saturated carbocycles. The average Bonchev–Trinajstić information content (AvgIpc) is 2.28. The lowest BCUT2D eigenvalue weighted by Crippen LogP contribution is -2.42. The van der Waals surface area contributed by atoms with Gasteiger partial charge in [-0.15, -0.1) is 0 Å². The van der Waals surface area contributed by atoms with Crippen molar-refractivity contribution in [2.45, 2.75) is 45.4 Å². The molecule has 0 heterocycles. The SMILES string of the molecule is CCN(CC)C(C)O.O=C(O)CC(O)(CC(=O)O)C(=O)O. The van der Waals surface area contributed by atoms with E-state index >= 15 is 0 Å². The van der Waals surface area contributed by atoms with E-state index in [1.807, 2.05) is 18.7 Å². The van der Waals surface area contributed by atoms with Crippen LogP contribution in [-0.4, -0.2) is 73.3 Å².